The number of sulfonamides is 2. The Labute approximate surface area is 313 Å². The molecule has 0 spiro atoms. The van der Waals surface area contributed by atoms with Gasteiger partial charge in [-0.3, -0.25) is 0 Å². The fourth-order valence-electron chi connectivity index (χ4n) is 9.78. The van der Waals surface area contributed by atoms with Crippen LogP contribution in [0.3, 0.4) is 0 Å². The number of amides is 4. The van der Waals surface area contributed by atoms with Crippen LogP contribution in [0.15, 0.2) is 12.1 Å². The lowest BCUT2D eigenvalue weighted by atomic mass is 9.84. The molecular weight excluding hydrogens is 717 g/mol. The van der Waals surface area contributed by atoms with Crippen molar-refractivity contribution in [3.05, 3.63) is 56.6 Å². The van der Waals surface area contributed by atoms with E-state index in [1.807, 2.05) is 11.9 Å². The highest BCUT2D eigenvalue weighted by atomic mass is 32.2. The van der Waals surface area contributed by atoms with Gasteiger partial charge in [0.15, 0.2) is 0 Å². The number of likely N-dealkylation sites (N-methyl/N-ethyl adjacent to an activating group) is 1. The van der Waals surface area contributed by atoms with E-state index in [1.54, 1.807) is 0 Å². The van der Waals surface area contributed by atoms with Gasteiger partial charge >= 0.3 is 12.1 Å². The molecule has 4 aliphatic carbocycles. The Kier molecular flexibility index (Phi) is 10.2. The van der Waals surface area contributed by atoms with E-state index in [4.69, 9.17) is 4.74 Å². The molecule has 2 aromatic carbocycles. The van der Waals surface area contributed by atoms with Crippen LogP contribution in [0.5, 0.6) is 0 Å². The molecule has 3 unspecified atom stereocenters. The molecule has 53 heavy (non-hydrogen) atoms. The molecule has 2 aliphatic heterocycles. The van der Waals surface area contributed by atoms with Gasteiger partial charge in [-0.2, -0.15) is 0 Å². The number of hydrogen-bond donors (Lipinski definition) is 4. The van der Waals surface area contributed by atoms with E-state index in [2.05, 4.69) is 37.1 Å². The zero-order chi connectivity index (χ0) is 36.9. The summed E-state index contributed by atoms with van der Waals surface area (Å²) in [5.74, 6) is 0.143. The first-order valence-electron chi connectivity index (χ1n) is 19.4. The maximum absolute atomic E-state index is 13.3. The van der Waals surface area contributed by atoms with E-state index in [1.165, 1.54) is 22.3 Å². The Morgan fingerprint density at radius 2 is 1.45 bits per heavy atom. The minimum absolute atomic E-state index is 0.0870. The first kappa shape index (κ1) is 36.7. The number of nitrogens with zero attached hydrogens (tertiary/aromatic N) is 2. The summed E-state index contributed by atoms with van der Waals surface area (Å²) in [5.41, 5.74) is 10.9. The lowest BCUT2D eigenvalue weighted by Crippen LogP contribution is -2.46. The highest BCUT2D eigenvalue weighted by molar-refractivity contribution is 7.90. The first-order chi connectivity index (χ1) is 25.4. The van der Waals surface area contributed by atoms with Gasteiger partial charge in [-0.05, 0) is 160 Å². The molecule has 6 aliphatic rings. The quantitative estimate of drug-likeness (QED) is 0.268. The van der Waals surface area contributed by atoms with Crippen LogP contribution in [0.4, 0.5) is 21.0 Å². The second-order valence-electron chi connectivity index (χ2n) is 16.0. The number of carbonyl (C=O) groups excluding carboxylic acids is 2. The SMILES string of the molecule is CN1CCOC(CS(=O)(=O)NC(=O)Nc2c3c(cc4c2CCC4C2Cc4cc5c(c(NC(=O)NS(=O)(=O)CCCN6CCC6)c4C2)CCC5)CCC3)C1. The number of likely N-dealkylation sites (tertiary alicyclic amines) is 1. The van der Waals surface area contributed by atoms with Gasteiger partial charge in [-0.15, -0.1) is 0 Å². The third-order valence-corrected chi connectivity index (χ3v) is 15.0. The summed E-state index contributed by atoms with van der Waals surface area (Å²) >= 11 is 0. The molecule has 13 nitrogen and oxygen atoms in total. The fraction of sp³-hybridized carbons (Fsp3) is 0.632. The van der Waals surface area contributed by atoms with E-state index in [9.17, 15) is 26.4 Å². The van der Waals surface area contributed by atoms with E-state index < -0.39 is 38.2 Å². The number of rotatable bonds is 11. The number of aryl methyl sites for hydroxylation is 2. The minimum Gasteiger partial charge on any atom is -0.374 e. The molecule has 288 valence electrons. The van der Waals surface area contributed by atoms with Crippen molar-refractivity contribution in [2.75, 3.05) is 68.5 Å². The van der Waals surface area contributed by atoms with Gasteiger partial charge in [0.25, 0.3) is 0 Å². The molecule has 2 aromatic rings. The number of carbonyl (C=O) groups is 2. The first-order valence-corrected chi connectivity index (χ1v) is 22.7. The maximum Gasteiger partial charge on any atom is 0.332 e. The van der Waals surface area contributed by atoms with Gasteiger partial charge in [0.1, 0.15) is 0 Å². The number of benzene rings is 2. The molecule has 2 saturated heterocycles. The third kappa shape index (κ3) is 7.96. The van der Waals surface area contributed by atoms with E-state index in [0.29, 0.717) is 19.6 Å². The lowest BCUT2D eigenvalue weighted by Gasteiger charge is -2.30. The van der Waals surface area contributed by atoms with Crippen molar-refractivity contribution in [2.45, 2.75) is 89.1 Å². The van der Waals surface area contributed by atoms with Crippen LogP contribution >= 0.6 is 0 Å². The summed E-state index contributed by atoms with van der Waals surface area (Å²) in [6.07, 6.45) is 9.98. The number of morpholine rings is 1. The fourth-order valence-corrected chi connectivity index (χ4v) is 11.8. The highest BCUT2D eigenvalue weighted by Crippen LogP contribution is 2.51. The maximum atomic E-state index is 13.3. The average molecular weight is 769 g/mol. The van der Waals surface area contributed by atoms with Crippen molar-refractivity contribution in [3.8, 4) is 0 Å². The Hall–Kier alpha value is -3.24. The van der Waals surface area contributed by atoms with Crippen LogP contribution in [0, 0.1) is 5.92 Å². The third-order valence-electron chi connectivity index (χ3n) is 12.3. The van der Waals surface area contributed by atoms with Crippen LogP contribution in [0.2, 0.25) is 0 Å². The van der Waals surface area contributed by atoms with Crippen molar-refractivity contribution in [1.29, 1.82) is 0 Å². The molecule has 4 amide bonds. The zero-order valence-corrected chi connectivity index (χ0v) is 32.2. The monoisotopic (exact) mass is 768 g/mol. The summed E-state index contributed by atoms with van der Waals surface area (Å²) in [4.78, 5) is 30.8. The minimum atomic E-state index is -3.92. The van der Waals surface area contributed by atoms with Crippen molar-refractivity contribution in [2.24, 2.45) is 5.92 Å². The van der Waals surface area contributed by atoms with Crippen LogP contribution in [-0.4, -0.2) is 103 Å². The predicted octanol–water partition coefficient (Wildman–Crippen LogP) is 3.44. The molecule has 0 aromatic heterocycles. The Bertz CT molecular complexity index is 2020. The molecule has 0 bridgehead atoms. The summed E-state index contributed by atoms with van der Waals surface area (Å²) in [7, 11) is -5.77. The van der Waals surface area contributed by atoms with Gasteiger partial charge in [0, 0.05) is 24.5 Å². The van der Waals surface area contributed by atoms with Crippen molar-refractivity contribution in [1.82, 2.24) is 19.2 Å². The Morgan fingerprint density at radius 3 is 2.13 bits per heavy atom. The number of anilines is 2. The summed E-state index contributed by atoms with van der Waals surface area (Å²) < 4.78 is 61.8. The van der Waals surface area contributed by atoms with Crippen LogP contribution in [0.1, 0.15) is 82.5 Å². The molecule has 3 atom stereocenters. The molecule has 2 fully saturated rings. The topological polar surface area (TPSA) is 166 Å². The number of fused-ring (bicyclic) bond motifs is 4. The average Bonchev–Trinajstić information content (AvgIpc) is 3.87. The normalized spacial score (nSPS) is 23.8. The van der Waals surface area contributed by atoms with E-state index in [-0.39, 0.29) is 23.3 Å². The largest absolute Gasteiger partial charge is 0.374 e. The number of nitrogens with one attached hydrogen (secondary N) is 4. The van der Waals surface area contributed by atoms with Crippen LogP contribution in [0.25, 0.3) is 0 Å². The van der Waals surface area contributed by atoms with Gasteiger partial charge < -0.3 is 25.2 Å². The van der Waals surface area contributed by atoms with Gasteiger partial charge in [0.2, 0.25) is 20.0 Å². The standard InChI is InChI=1S/C38H52N6O7S2/c1-43-15-16-51-28(22-43)23-53(49,50)42-38(46)39-35-31-9-3-7-25(31)20-34-29(10-11-32(34)35)27-19-26-18-24-6-2-8-30(24)36(33(26)21-27)40-37(45)41-52(47,48)17-5-14-44-12-4-13-44/h18,20,27-29H,2-17,19,21-23H2,1H3,(H2,39,42,46)(H2,40,41,45). The van der Waals surface area contributed by atoms with Crippen molar-refractivity contribution >= 4 is 43.5 Å². The predicted molar refractivity (Wildman–Crippen MR) is 204 cm³/mol. The van der Waals surface area contributed by atoms with Gasteiger partial charge in [-0.1, -0.05) is 12.1 Å². The molecule has 4 N–H and O–H groups in total. The van der Waals surface area contributed by atoms with Crippen molar-refractivity contribution in [3.63, 3.8) is 0 Å². The van der Waals surface area contributed by atoms with Gasteiger partial charge in [-0.25, -0.2) is 35.9 Å². The van der Waals surface area contributed by atoms with Crippen LogP contribution < -0.4 is 20.1 Å². The Balaban J connectivity index is 0.977. The molecule has 0 radical (unpaired) electrons. The number of urea groups is 2. The molecular formula is C38H52N6O7S2. The van der Waals surface area contributed by atoms with E-state index in [0.717, 1.165) is 130 Å². The molecule has 15 heteroatoms. The molecule has 2 heterocycles. The molecule has 0 saturated carbocycles. The van der Waals surface area contributed by atoms with E-state index >= 15 is 0 Å². The Morgan fingerprint density at radius 1 is 0.774 bits per heavy atom. The van der Waals surface area contributed by atoms with Crippen LogP contribution in [-0.2, 0) is 69.7 Å². The summed E-state index contributed by atoms with van der Waals surface area (Å²) in [5, 5.41) is 6.00. The number of hydrogen-bond acceptors (Lipinski definition) is 9. The molecule has 8 rings (SSSR count). The lowest BCUT2D eigenvalue weighted by molar-refractivity contribution is -0.00686. The second kappa shape index (κ2) is 14.8. The number of ether oxygens (including phenoxy) is 1. The smallest absolute Gasteiger partial charge is 0.332 e. The van der Waals surface area contributed by atoms with Gasteiger partial charge in [0.05, 0.1) is 24.2 Å². The summed E-state index contributed by atoms with van der Waals surface area (Å²) in [6, 6.07) is 3.19. The summed E-state index contributed by atoms with van der Waals surface area (Å²) in [6.45, 7) is 4.42. The zero-order valence-electron chi connectivity index (χ0n) is 30.6. The van der Waals surface area contributed by atoms with Crippen molar-refractivity contribution < 1.29 is 31.2 Å². The highest BCUT2D eigenvalue weighted by Gasteiger charge is 2.39. The second-order valence-corrected chi connectivity index (χ2v) is 19.6.